The van der Waals surface area contributed by atoms with E-state index >= 15 is 0 Å². The predicted molar refractivity (Wildman–Crippen MR) is 71.3 cm³/mol. The number of methoxy groups -OCH3 is 1. The van der Waals surface area contributed by atoms with Gasteiger partial charge in [0.2, 0.25) is 5.84 Å². The Kier molecular flexibility index (Phi) is 5.63. The van der Waals surface area contributed by atoms with Gasteiger partial charge in [-0.1, -0.05) is 6.08 Å². The number of rotatable bonds is 4. The number of carboxylic acid groups (broad SMARTS) is 1. The zero-order valence-electron chi connectivity index (χ0n) is 11.6. The van der Waals surface area contributed by atoms with Crippen LogP contribution in [0.4, 0.5) is 18.0 Å². The van der Waals surface area contributed by atoms with Crippen molar-refractivity contribution in [3.8, 4) is 0 Å². The van der Waals surface area contributed by atoms with Gasteiger partial charge in [0.1, 0.15) is 5.76 Å². The number of allylic oxidation sites excluding steroid dienone is 1. The fourth-order valence-electron chi connectivity index (χ4n) is 1.93. The molecule has 124 valence electrons. The first kappa shape index (κ1) is 17.6. The van der Waals surface area contributed by atoms with Crippen molar-refractivity contribution >= 4 is 11.9 Å². The van der Waals surface area contributed by atoms with E-state index in [0.29, 0.717) is 16.3 Å². The van der Waals surface area contributed by atoms with Gasteiger partial charge in [0.25, 0.3) is 0 Å². The Balaban J connectivity index is 2.91. The number of nitrogens with one attached hydrogen (secondary N) is 1. The van der Waals surface area contributed by atoms with Crippen LogP contribution in [0.25, 0.3) is 0 Å². The summed E-state index contributed by atoms with van der Waals surface area (Å²) in [6, 6.07) is -0.895. The Morgan fingerprint density at radius 2 is 2.27 bits per heavy atom. The van der Waals surface area contributed by atoms with Gasteiger partial charge in [-0.2, -0.15) is 18.3 Å². The number of alkyl halides is 3. The number of hydrazine groups is 1. The van der Waals surface area contributed by atoms with E-state index in [4.69, 9.17) is 21.5 Å². The lowest BCUT2D eigenvalue weighted by Crippen LogP contribution is -2.52. The average Bonchev–Trinajstić information content (AvgIpc) is 2.43. The van der Waals surface area contributed by atoms with E-state index in [9.17, 15) is 18.0 Å². The molecule has 0 aliphatic heterocycles. The Hall–Kier alpha value is -2.43. The third-order valence-corrected chi connectivity index (χ3v) is 2.92. The van der Waals surface area contributed by atoms with Gasteiger partial charge >= 0.3 is 12.3 Å². The van der Waals surface area contributed by atoms with Gasteiger partial charge in [0.15, 0.2) is 0 Å². The molecule has 6 N–H and O–H groups in total. The monoisotopic (exact) mass is 323 g/mol. The molecule has 0 aromatic heterocycles. The molecular formula is C11H16F3N5O3. The fraction of sp³-hybridized carbons (Fsp3) is 0.455. The molecule has 0 bridgehead atoms. The molecule has 0 radical (unpaired) electrons. The molecule has 0 fully saturated rings. The maximum absolute atomic E-state index is 12.7. The number of amides is 1. The first-order chi connectivity index (χ1) is 10.2. The molecule has 1 rings (SSSR count). The van der Waals surface area contributed by atoms with E-state index < -0.39 is 24.1 Å². The first-order valence-electron chi connectivity index (χ1n) is 6.00. The van der Waals surface area contributed by atoms with E-state index in [-0.39, 0.29) is 13.0 Å². The van der Waals surface area contributed by atoms with Gasteiger partial charge < -0.3 is 21.0 Å². The number of nitrogens with zero attached hydrogens (tertiary/aromatic N) is 2. The van der Waals surface area contributed by atoms with E-state index in [1.165, 1.54) is 19.3 Å². The number of ether oxygens (including phenoxy) is 1. The summed E-state index contributed by atoms with van der Waals surface area (Å²) < 4.78 is 43.3. The topological polar surface area (TPSA) is 126 Å². The van der Waals surface area contributed by atoms with Crippen LogP contribution in [-0.2, 0) is 4.74 Å². The van der Waals surface area contributed by atoms with Gasteiger partial charge in [-0.25, -0.2) is 10.6 Å². The molecule has 0 spiro atoms. The quantitative estimate of drug-likeness (QED) is 0.258. The highest BCUT2D eigenvalue weighted by atomic mass is 19.4. The Bertz CT molecular complexity index is 516. The van der Waals surface area contributed by atoms with Crippen molar-refractivity contribution < 1.29 is 27.8 Å². The molecule has 0 saturated carbocycles. The third-order valence-electron chi connectivity index (χ3n) is 2.92. The van der Waals surface area contributed by atoms with Gasteiger partial charge in [-0.3, -0.25) is 5.01 Å². The molecule has 1 aliphatic carbocycles. The zero-order chi connectivity index (χ0) is 16.9. The highest BCUT2D eigenvalue weighted by Gasteiger charge is 2.41. The van der Waals surface area contributed by atoms with Gasteiger partial charge in [-0.15, -0.1) is 0 Å². The molecule has 22 heavy (non-hydrogen) atoms. The summed E-state index contributed by atoms with van der Waals surface area (Å²) in [5.74, 6) is 9.12. The van der Waals surface area contributed by atoms with Crippen LogP contribution in [0.1, 0.15) is 6.42 Å². The maximum atomic E-state index is 12.7. The SMILES string of the molecule is COC1=C(CNC(=O)O)CC(N(N)/C(=N\N)C(F)(F)F)C=C1. The predicted octanol–water partition coefficient (Wildman–Crippen LogP) is 0.493. The molecule has 1 amide bonds. The van der Waals surface area contributed by atoms with Crippen LogP contribution in [0.3, 0.4) is 0 Å². The molecular weight excluding hydrogens is 307 g/mol. The molecule has 8 nitrogen and oxygen atoms in total. The number of halogens is 3. The molecule has 1 atom stereocenters. The van der Waals surface area contributed by atoms with E-state index in [2.05, 4.69) is 10.4 Å². The Labute approximate surface area is 123 Å². The number of hydrogen-bond acceptors (Lipinski definition) is 5. The van der Waals surface area contributed by atoms with Gasteiger partial charge in [0, 0.05) is 6.54 Å². The summed E-state index contributed by atoms with van der Waals surface area (Å²) in [6.45, 7) is -0.103. The lowest BCUT2D eigenvalue weighted by atomic mass is 9.98. The van der Waals surface area contributed by atoms with Crippen molar-refractivity contribution in [2.45, 2.75) is 18.6 Å². The van der Waals surface area contributed by atoms with Gasteiger partial charge in [-0.05, 0) is 18.1 Å². The fourth-order valence-corrected chi connectivity index (χ4v) is 1.93. The number of carbonyl (C=O) groups is 1. The zero-order valence-corrected chi connectivity index (χ0v) is 11.6. The molecule has 1 unspecified atom stereocenters. The van der Waals surface area contributed by atoms with Crippen LogP contribution < -0.4 is 17.0 Å². The Morgan fingerprint density at radius 1 is 1.64 bits per heavy atom. The molecule has 0 aromatic rings. The van der Waals surface area contributed by atoms with Crippen molar-refractivity contribution in [3.63, 3.8) is 0 Å². The normalized spacial score (nSPS) is 19.1. The van der Waals surface area contributed by atoms with Crippen molar-refractivity contribution in [2.24, 2.45) is 16.8 Å². The molecule has 11 heteroatoms. The average molecular weight is 323 g/mol. The minimum Gasteiger partial charge on any atom is -0.497 e. The van der Waals surface area contributed by atoms with Crippen LogP contribution in [0.5, 0.6) is 0 Å². The third kappa shape index (κ3) is 4.28. The largest absolute Gasteiger partial charge is 0.497 e. The molecule has 0 aromatic carbocycles. The second kappa shape index (κ2) is 7.02. The maximum Gasteiger partial charge on any atom is 0.452 e. The van der Waals surface area contributed by atoms with Crippen LogP contribution in [0, 0.1) is 0 Å². The highest BCUT2D eigenvalue weighted by molar-refractivity contribution is 5.87. The summed E-state index contributed by atoms with van der Waals surface area (Å²) >= 11 is 0. The second-order valence-electron chi connectivity index (χ2n) is 4.32. The summed E-state index contributed by atoms with van der Waals surface area (Å²) in [5, 5.41) is 13.8. The molecule has 0 saturated heterocycles. The lowest BCUT2D eigenvalue weighted by Gasteiger charge is -2.31. The number of hydrazone groups is 1. The Morgan fingerprint density at radius 3 is 2.73 bits per heavy atom. The lowest BCUT2D eigenvalue weighted by molar-refractivity contribution is -0.0705. The number of hydrogen-bond donors (Lipinski definition) is 4. The second-order valence-corrected chi connectivity index (χ2v) is 4.32. The standard InChI is InChI=1S/C11H16F3N5O3/c1-22-8-3-2-7(4-6(8)5-17-10(20)21)19(16)9(18-15)11(12,13)14/h2-3,7,17H,4-5,15-16H2,1H3,(H,20,21)/b18-9-. The first-order valence-corrected chi connectivity index (χ1v) is 6.00. The van der Waals surface area contributed by atoms with E-state index in [1.54, 1.807) is 0 Å². The van der Waals surface area contributed by atoms with Crippen molar-refractivity contribution in [2.75, 3.05) is 13.7 Å². The smallest absolute Gasteiger partial charge is 0.452 e. The molecule has 0 heterocycles. The van der Waals surface area contributed by atoms with Crippen LogP contribution in [0.15, 0.2) is 28.6 Å². The summed E-state index contributed by atoms with van der Waals surface area (Å²) in [5.41, 5.74) is 0.450. The van der Waals surface area contributed by atoms with E-state index in [0.717, 1.165) is 0 Å². The highest BCUT2D eigenvalue weighted by Crippen LogP contribution is 2.25. The van der Waals surface area contributed by atoms with Crippen LogP contribution in [0.2, 0.25) is 0 Å². The number of amidine groups is 1. The van der Waals surface area contributed by atoms with Crippen molar-refractivity contribution in [3.05, 3.63) is 23.5 Å². The van der Waals surface area contributed by atoms with E-state index in [1.807, 2.05) is 0 Å². The van der Waals surface area contributed by atoms with Crippen LogP contribution >= 0.6 is 0 Å². The summed E-state index contributed by atoms with van der Waals surface area (Å²) in [6.07, 6.45) is -3.25. The summed E-state index contributed by atoms with van der Waals surface area (Å²) in [4.78, 5) is 10.5. The van der Waals surface area contributed by atoms with Gasteiger partial charge in [0.05, 0.1) is 13.2 Å². The minimum absolute atomic E-state index is 0.0194. The van der Waals surface area contributed by atoms with Crippen LogP contribution in [-0.4, -0.2) is 47.9 Å². The van der Waals surface area contributed by atoms with Crippen molar-refractivity contribution in [1.29, 1.82) is 0 Å². The van der Waals surface area contributed by atoms with Crippen molar-refractivity contribution in [1.82, 2.24) is 10.3 Å². The number of nitrogens with two attached hydrogens (primary N) is 2. The molecule has 1 aliphatic rings. The minimum atomic E-state index is -4.80. The summed E-state index contributed by atoms with van der Waals surface area (Å²) in [7, 11) is 1.36.